The summed E-state index contributed by atoms with van der Waals surface area (Å²) in [7, 11) is 0. The Kier molecular flexibility index (Phi) is 4.36. The Morgan fingerprint density at radius 1 is 1.42 bits per heavy atom. The zero-order valence-electron chi connectivity index (χ0n) is 9.62. The molecule has 0 aliphatic carbocycles. The number of aromatic nitrogens is 1. The van der Waals surface area contributed by atoms with Crippen LogP contribution >= 0.6 is 23.4 Å². The molecule has 7 heteroatoms. The summed E-state index contributed by atoms with van der Waals surface area (Å²) >= 11 is 7.26. The zero-order valence-corrected chi connectivity index (χ0v) is 11.2. The monoisotopic (exact) mass is 296 g/mol. The van der Waals surface area contributed by atoms with Crippen molar-refractivity contribution in [1.82, 2.24) is 4.98 Å². The van der Waals surface area contributed by atoms with E-state index in [1.165, 1.54) is 23.9 Å². The molecule has 1 aromatic carbocycles. The van der Waals surface area contributed by atoms with Crippen LogP contribution in [0.4, 0.5) is 5.69 Å². The molecule has 0 fully saturated rings. The number of nitro groups is 1. The van der Waals surface area contributed by atoms with Crippen LogP contribution in [0.3, 0.4) is 0 Å². The molecule has 0 saturated heterocycles. The molecular formula is C12H9ClN2O3S. The number of rotatable bonds is 4. The van der Waals surface area contributed by atoms with E-state index in [1.54, 1.807) is 24.4 Å². The molecule has 5 nitrogen and oxygen atoms in total. The number of hydrogen-bond acceptors (Lipinski definition) is 5. The fourth-order valence-electron chi connectivity index (χ4n) is 1.45. The lowest BCUT2D eigenvalue weighted by Gasteiger charge is -2.07. The third-order valence-corrected chi connectivity index (χ3v) is 3.91. The molecule has 0 saturated carbocycles. The molecule has 2 aromatic rings. The SMILES string of the molecule is O=[N+]([O-])c1ccc(Sc2ncccc2Cl)c(CO)c1. The smallest absolute Gasteiger partial charge is 0.269 e. The number of halogens is 1. The maximum absolute atomic E-state index is 10.7. The van der Waals surface area contributed by atoms with E-state index < -0.39 is 4.92 Å². The van der Waals surface area contributed by atoms with Gasteiger partial charge in [0.25, 0.3) is 5.69 Å². The van der Waals surface area contributed by atoms with Crippen LogP contribution in [-0.2, 0) is 6.61 Å². The minimum Gasteiger partial charge on any atom is -0.392 e. The fourth-order valence-corrected chi connectivity index (χ4v) is 2.57. The van der Waals surface area contributed by atoms with E-state index in [2.05, 4.69) is 4.98 Å². The van der Waals surface area contributed by atoms with Gasteiger partial charge in [-0.05, 0) is 23.8 Å². The van der Waals surface area contributed by atoms with Gasteiger partial charge in [-0.1, -0.05) is 23.4 Å². The summed E-state index contributed by atoms with van der Waals surface area (Å²) in [6.07, 6.45) is 1.61. The molecule has 98 valence electrons. The summed E-state index contributed by atoms with van der Waals surface area (Å²) in [4.78, 5) is 15.0. The highest BCUT2D eigenvalue weighted by atomic mass is 35.5. The van der Waals surface area contributed by atoms with Crippen molar-refractivity contribution < 1.29 is 10.0 Å². The van der Waals surface area contributed by atoms with Crippen LogP contribution in [0.25, 0.3) is 0 Å². The number of pyridine rings is 1. The van der Waals surface area contributed by atoms with Gasteiger partial charge in [-0.3, -0.25) is 10.1 Å². The van der Waals surface area contributed by atoms with E-state index in [1.807, 2.05) is 0 Å². The van der Waals surface area contributed by atoms with Crippen molar-refractivity contribution >= 4 is 29.1 Å². The summed E-state index contributed by atoms with van der Waals surface area (Å²) in [5.41, 5.74) is 0.418. The number of nitrogens with zero attached hydrogens (tertiary/aromatic N) is 2. The van der Waals surface area contributed by atoms with Gasteiger partial charge >= 0.3 is 0 Å². The summed E-state index contributed by atoms with van der Waals surface area (Å²) in [5, 5.41) is 21.0. The first-order chi connectivity index (χ1) is 9.11. The minimum absolute atomic E-state index is 0.0551. The standard InChI is InChI=1S/C12H9ClN2O3S/c13-10-2-1-5-14-12(10)19-11-4-3-9(15(17)18)6-8(11)7-16/h1-6,16H,7H2. The van der Waals surface area contributed by atoms with Crippen LogP contribution < -0.4 is 0 Å². The highest BCUT2D eigenvalue weighted by Crippen LogP contribution is 2.34. The molecule has 1 heterocycles. The molecular weight excluding hydrogens is 288 g/mol. The molecule has 0 unspecified atom stereocenters. The number of nitro benzene ring substituents is 1. The van der Waals surface area contributed by atoms with Crippen molar-refractivity contribution in [3.05, 3.63) is 57.2 Å². The minimum atomic E-state index is -0.499. The topological polar surface area (TPSA) is 76.3 Å². The van der Waals surface area contributed by atoms with Crippen LogP contribution in [0, 0.1) is 10.1 Å². The van der Waals surface area contributed by atoms with Crippen LogP contribution in [0.1, 0.15) is 5.56 Å². The predicted molar refractivity (Wildman–Crippen MR) is 72.4 cm³/mol. The van der Waals surface area contributed by atoms with Gasteiger partial charge in [0, 0.05) is 23.2 Å². The van der Waals surface area contributed by atoms with Gasteiger partial charge in [-0.2, -0.15) is 0 Å². The predicted octanol–water partition coefficient (Wildman–Crippen LogP) is 3.29. The lowest BCUT2D eigenvalue weighted by molar-refractivity contribution is -0.385. The maximum Gasteiger partial charge on any atom is 0.269 e. The molecule has 0 bridgehead atoms. The van der Waals surface area contributed by atoms with Crippen molar-refractivity contribution in [3.8, 4) is 0 Å². The fraction of sp³-hybridized carbons (Fsp3) is 0.0833. The summed E-state index contributed by atoms with van der Waals surface area (Å²) in [6, 6.07) is 7.74. The Morgan fingerprint density at radius 2 is 2.21 bits per heavy atom. The van der Waals surface area contributed by atoms with Gasteiger partial charge in [-0.25, -0.2) is 4.98 Å². The quantitative estimate of drug-likeness (QED) is 0.692. The van der Waals surface area contributed by atoms with Crippen LogP contribution in [0.15, 0.2) is 46.5 Å². The average Bonchev–Trinajstić information content (AvgIpc) is 2.41. The first-order valence-corrected chi connectivity index (χ1v) is 6.48. The first-order valence-electron chi connectivity index (χ1n) is 5.28. The van der Waals surface area contributed by atoms with E-state index in [0.717, 1.165) is 0 Å². The van der Waals surface area contributed by atoms with E-state index in [-0.39, 0.29) is 12.3 Å². The van der Waals surface area contributed by atoms with Gasteiger partial charge in [0.05, 0.1) is 16.6 Å². The van der Waals surface area contributed by atoms with Crippen LogP contribution in [-0.4, -0.2) is 15.0 Å². The van der Waals surface area contributed by atoms with Gasteiger partial charge in [0.2, 0.25) is 0 Å². The van der Waals surface area contributed by atoms with E-state index in [0.29, 0.717) is 20.5 Å². The Hall–Kier alpha value is -1.63. The maximum atomic E-state index is 10.7. The molecule has 0 spiro atoms. The molecule has 0 atom stereocenters. The molecule has 2 rings (SSSR count). The third kappa shape index (κ3) is 3.23. The molecule has 0 aliphatic heterocycles. The molecule has 0 aliphatic rings. The van der Waals surface area contributed by atoms with Crippen LogP contribution in [0.5, 0.6) is 0 Å². The highest BCUT2D eigenvalue weighted by molar-refractivity contribution is 7.99. The molecule has 0 amide bonds. The lowest BCUT2D eigenvalue weighted by atomic mass is 10.2. The van der Waals surface area contributed by atoms with E-state index >= 15 is 0 Å². The molecule has 1 aromatic heterocycles. The first kappa shape index (κ1) is 13.8. The zero-order chi connectivity index (χ0) is 13.8. The molecule has 19 heavy (non-hydrogen) atoms. The van der Waals surface area contributed by atoms with Crippen molar-refractivity contribution in [2.24, 2.45) is 0 Å². The summed E-state index contributed by atoms with van der Waals surface area (Å²) < 4.78 is 0. The van der Waals surface area contributed by atoms with E-state index in [9.17, 15) is 15.2 Å². The Morgan fingerprint density at radius 3 is 2.84 bits per heavy atom. The van der Waals surface area contributed by atoms with Gasteiger partial charge in [-0.15, -0.1) is 0 Å². The number of hydrogen-bond donors (Lipinski definition) is 1. The van der Waals surface area contributed by atoms with Gasteiger partial charge in [0.1, 0.15) is 5.03 Å². The number of aliphatic hydroxyl groups excluding tert-OH is 1. The Bertz CT molecular complexity index is 622. The van der Waals surface area contributed by atoms with Crippen LogP contribution in [0.2, 0.25) is 5.02 Å². The van der Waals surface area contributed by atoms with Gasteiger partial charge < -0.3 is 5.11 Å². The highest BCUT2D eigenvalue weighted by Gasteiger charge is 2.12. The second-order valence-corrected chi connectivity index (χ2v) is 5.04. The van der Waals surface area contributed by atoms with Crippen molar-refractivity contribution in [1.29, 1.82) is 0 Å². The summed E-state index contributed by atoms with van der Waals surface area (Å²) in [6.45, 7) is -0.283. The second kappa shape index (κ2) is 6.01. The molecule has 0 radical (unpaired) electrons. The van der Waals surface area contributed by atoms with Crippen molar-refractivity contribution in [3.63, 3.8) is 0 Å². The normalized spacial score (nSPS) is 10.4. The lowest BCUT2D eigenvalue weighted by Crippen LogP contribution is -1.93. The molecule has 1 N–H and O–H groups in total. The van der Waals surface area contributed by atoms with Gasteiger partial charge in [0.15, 0.2) is 0 Å². The Labute approximate surface area is 118 Å². The third-order valence-electron chi connectivity index (χ3n) is 2.36. The van der Waals surface area contributed by atoms with Crippen molar-refractivity contribution in [2.75, 3.05) is 0 Å². The van der Waals surface area contributed by atoms with Crippen molar-refractivity contribution in [2.45, 2.75) is 16.5 Å². The number of aliphatic hydroxyl groups is 1. The van der Waals surface area contributed by atoms with E-state index in [4.69, 9.17) is 11.6 Å². The Balaban J connectivity index is 2.35. The second-order valence-electron chi connectivity index (χ2n) is 3.60. The number of non-ortho nitro benzene ring substituents is 1. The summed E-state index contributed by atoms with van der Waals surface area (Å²) in [5.74, 6) is 0. The largest absolute Gasteiger partial charge is 0.392 e. The number of benzene rings is 1. The average molecular weight is 297 g/mol.